The number of fused-ring (bicyclic) bond motifs is 1. The molecule has 1 aromatic rings. The van der Waals surface area contributed by atoms with Crippen LogP contribution in [0.2, 0.25) is 0 Å². The second-order valence-electron chi connectivity index (χ2n) is 6.43. The van der Waals surface area contributed by atoms with Gasteiger partial charge in [0.1, 0.15) is 0 Å². The lowest BCUT2D eigenvalue weighted by atomic mass is 9.78. The van der Waals surface area contributed by atoms with Crippen LogP contribution in [0.1, 0.15) is 49.3 Å². The minimum atomic E-state index is 0.119. The first-order chi connectivity index (χ1) is 9.66. The number of hydrogen-bond acceptors (Lipinski definition) is 3. The summed E-state index contributed by atoms with van der Waals surface area (Å²) in [6.07, 6.45) is 3.94. The predicted octanol–water partition coefficient (Wildman–Crippen LogP) is 2.67. The predicted molar refractivity (Wildman–Crippen MR) is 81.8 cm³/mol. The van der Waals surface area contributed by atoms with Crippen molar-refractivity contribution in [2.24, 2.45) is 5.73 Å². The van der Waals surface area contributed by atoms with Crippen LogP contribution < -0.4 is 5.73 Å². The maximum absolute atomic E-state index is 6.55. The second kappa shape index (κ2) is 5.84. The third kappa shape index (κ3) is 2.62. The fourth-order valence-corrected chi connectivity index (χ4v) is 3.81. The minimum Gasteiger partial charge on any atom is -0.377 e. The monoisotopic (exact) mass is 274 g/mol. The Hall–Kier alpha value is -0.900. The van der Waals surface area contributed by atoms with E-state index < -0.39 is 0 Å². The van der Waals surface area contributed by atoms with Gasteiger partial charge in [0.05, 0.1) is 6.10 Å². The summed E-state index contributed by atoms with van der Waals surface area (Å²) in [7, 11) is 2.20. The molecule has 0 aromatic heterocycles. The fraction of sp³-hybridized carbons (Fsp3) is 0.647. The summed E-state index contributed by atoms with van der Waals surface area (Å²) in [6, 6.07) is 9.20. The Morgan fingerprint density at radius 1 is 1.30 bits per heavy atom. The Morgan fingerprint density at radius 2 is 2.05 bits per heavy atom. The van der Waals surface area contributed by atoms with Crippen molar-refractivity contribution in [3.8, 4) is 0 Å². The van der Waals surface area contributed by atoms with Gasteiger partial charge >= 0.3 is 0 Å². The molecule has 110 valence electrons. The molecule has 0 amide bonds. The highest BCUT2D eigenvalue weighted by atomic mass is 16.5. The van der Waals surface area contributed by atoms with Gasteiger partial charge in [-0.3, -0.25) is 4.90 Å². The quantitative estimate of drug-likeness (QED) is 0.921. The molecule has 2 aliphatic rings. The number of likely N-dealkylation sites (N-methyl/N-ethyl adjacent to an activating group) is 1. The van der Waals surface area contributed by atoms with E-state index in [0.717, 1.165) is 19.6 Å². The van der Waals surface area contributed by atoms with Crippen LogP contribution in [0, 0.1) is 0 Å². The van der Waals surface area contributed by atoms with Gasteiger partial charge in [0.2, 0.25) is 0 Å². The van der Waals surface area contributed by atoms with Crippen LogP contribution in [0.15, 0.2) is 24.3 Å². The molecule has 20 heavy (non-hydrogen) atoms. The van der Waals surface area contributed by atoms with Gasteiger partial charge in [-0.1, -0.05) is 31.2 Å². The normalized spacial score (nSPS) is 33.4. The molecule has 0 saturated carbocycles. The smallest absolute Gasteiger partial charge is 0.0702 e. The third-order valence-electron chi connectivity index (χ3n) is 4.98. The highest BCUT2D eigenvalue weighted by Gasteiger charge is 2.34. The minimum absolute atomic E-state index is 0.119. The molecule has 0 spiro atoms. The van der Waals surface area contributed by atoms with E-state index in [4.69, 9.17) is 10.5 Å². The van der Waals surface area contributed by atoms with Gasteiger partial charge in [0.15, 0.2) is 0 Å². The van der Waals surface area contributed by atoms with E-state index in [2.05, 4.69) is 43.1 Å². The molecule has 1 saturated heterocycles. The molecule has 3 nitrogen and oxygen atoms in total. The summed E-state index contributed by atoms with van der Waals surface area (Å²) in [4.78, 5) is 2.42. The summed E-state index contributed by atoms with van der Waals surface area (Å²) in [6.45, 7) is 4.25. The van der Waals surface area contributed by atoms with Crippen molar-refractivity contribution in [1.82, 2.24) is 4.90 Å². The Kier molecular flexibility index (Phi) is 4.11. The van der Waals surface area contributed by atoms with Gasteiger partial charge in [-0.15, -0.1) is 0 Å². The molecule has 3 heteroatoms. The maximum Gasteiger partial charge on any atom is 0.0702 e. The Morgan fingerprint density at radius 3 is 2.75 bits per heavy atom. The first-order valence-electron chi connectivity index (χ1n) is 7.83. The molecular formula is C17H26N2O. The van der Waals surface area contributed by atoms with Crippen LogP contribution in [0.5, 0.6) is 0 Å². The van der Waals surface area contributed by atoms with E-state index in [1.807, 2.05) is 0 Å². The van der Waals surface area contributed by atoms with E-state index >= 15 is 0 Å². The van der Waals surface area contributed by atoms with E-state index in [-0.39, 0.29) is 6.04 Å². The largest absolute Gasteiger partial charge is 0.377 e. The Bertz CT molecular complexity index is 456. The van der Waals surface area contributed by atoms with Crippen LogP contribution in [0.3, 0.4) is 0 Å². The first kappa shape index (κ1) is 14.1. The number of hydrogen-bond donors (Lipinski definition) is 1. The Labute approximate surface area is 122 Å². The maximum atomic E-state index is 6.55. The molecule has 1 fully saturated rings. The van der Waals surface area contributed by atoms with Crippen molar-refractivity contribution in [3.05, 3.63) is 35.4 Å². The second-order valence-corrected chi connectivity index (χ2v) is 6.43. The SMILES string of the molecule is CC1CC(N(C)CC2CCCO2)C(N)c2ccccc21. The average Bonchev–Trinajstić information content (AvgIpc) is 2.95. The molecule has 0 bridgehead atoms. The van der Waals surface area contributed by atoms with Crippen LogP contribution in [-0.2, 0) is 4.74 Å². The molecule has 2 N–H and O–H groups in total. The number of ether oxygens (including phenoxy) is 1. The molecular weight excluding hydrogens is 248 g/mol. The third-order valence-corrected chi connectivity index (χ3v) is 4.98. The lowest BCUT2D eigenvalue weighted by Crippen LogP contribution is -2.46. The van der Waals surface area contributed by atoms with Gasteiger partial charge in [-0.05, 0) is 43.4 Å². The molecule has 1 heterocycles. The number of nitrogens with two attached hydrogens (primary N) is 1. The highest BCUT2D eigenvalue weighted by molar-refractivity contribution is 5.36. The van der Waals surface area contributed by atoms with Crippen LogP contribution in [0.4, 0.5) is 0 Å². The summed E-state index contributed by atoms with van der Waals surface area (Å²) < 4.78 is 5.76. The zero-order valence-corrected chi connectivity index (χ0v) is 12.6. The topological polar surface area (TPSA) is 38.5 Å². The van der Waals surface area contributed by atoms with Gasteiger partial charge < -0.3 is 10.5 Å². The Balaban J connectivity index is 1.74. The van der Waals surface area contributed by atoms with Crippen molar-refractivity contribution in [2.75, 3.05) is 20.2 Å². The molecule has 1 aromatic carbocycles. The van der Waals surface area contributed by atoms with Gasteiger partial charge in [0.25, 0.3) is 0 Å². The summed E-state index contributed by atoms with van der Waals surface area (Å²) >= 11 is 0. The van der Waals surface area contributed by atoms with Crippen molar-refractivity contribution >= 4 is 0 Å². The fourth-order valence-electron chi connectivity index (χ4n) is 3.81. The van der Waals surface area contributed by atoms with Crippen molar-refractivity contribution in [1.29, 1.82) is 0 Å². The number of rotatable bonds is 3. The summed E-state index contributed by atoms with van der Waals surface area (Å²) in [5.74, 6) is 0.586. The molecule has 1 aliphatic carbocycles. The summed E-state index contributed by atoms with van der Waals surface area (Å²) in [5.41, 5.74) is 9.31. The first-order valence-corrected chi connectivity index (χ1v) is 7.83. The molecule has 1 aliphatic heterocycles. The lowest BCUT2D eigenvalue weighted by molar-refractivity contribution is 0.0585. The van der Waals surface area contributed by atoms with Gasteiger partial charge in [-0.2, -0.15) is 0 Å². The molecule has 4 atom stereocenters. The highest BCUT2D eigenvalue weighted by Crippen LogP contribution is 2.38. The number of benzene rings is 1. The summed E-state index contributed by atoms with van der Waals surface area (Å²) in [5, 5.41) is 0. The van der Waals surface area contributed by atoms with Crippen molar-refractivity contribution < 1.29 is 4.74 Å². The molecule has 3 rings (SSSR count). The molecule has 4 unspecified atom stereocenters. The van der Waals surface area contributed by atoms with Crippen molar-refractivity contribution in [3.63, 3.8) is 0 Å². The van der Waals surface area contributed by atoms with Crippen molar-refractivity contribution in [2.45, 2.75) is 50.3 Å². The standard InChI is InChI=1S/C17H26N2O/c1-12-10-16(19(2)11-13-6-5-9-20-13)17(18)15-8-4-3-7-14(12)15/h3-4,7-8,12-13,16-17H,5-6,9-11,18H2,1-2H3. The van der Waals surface area contributed by atoms with E-state index in [0.29, 0.717) is 18.1 Å². The zero-order valence-electron chi connectivity index (χ0n) is 12.6. The van der Waals surface area contributed by atoms with Gasteiger partial charge in [0, 0.05) is 25.2 Å². The average molecular weight is 274 g/mol. The van der Waals surface area contributed by atoms with E-state index in [1.165, 1.54) is 24.0 Å². The van der Waals surface area contributed by atoms with E-state index in [9.17, 15) is 0 Å². The van der Waals surface area contributed by atoms with Gasteiger partial charge in [-0.25, -0.2) is 0 Å². The van der Waals surface area contributed by atoms with Crippen LogP contribution >= 0.6 is 0 Å². The lowest BCUT2D eigenvalue weighted by Gasteiger charge is -2.40. The van der Waals surface area contributed by atoms with Crippen LogP contribution in [-0.4, -0.2) is 37.2 Å². The zero-order chi connectivity index (χ0) is 14.1. The van der Waals surface area contributed by atoms with E-state index in [1.54, 1.807) is 0 Å². The van der Waals surface area contributed by atoms with Crippen LogP contribution in [0.25, 0.3) is 0 Å². The number of nitrogens with zero attached hydrogens (tertiary/aromatic N) is 1. The molecule has 0 radical (unpaired) electrons.